The van der Waals surface area contributed by atoms with Crippen molar-refractivity contribution in [1.82, 2.24) is 5.43 Å². The topological polar surface area (TPSA) is 115 Å². The highest BCUT2D eigenvalue weighted by atomic mass is 32.2. The van der Waals surface area contributed by atoms with Crippen molar-refractivity contribution in [3.8, 4) is 17.2 Å². The van der Waals surface area contributed by atoms with Crippen LogP contribution in [0.15, 0.2) is 76.7 Å². The third-order valence-electron chi connectivity index (χ3n) is 4.54. The quantitative estimate of drug-likeness (QED) is 0.210. The van der Waals surface area contributed by atoms with Crippen LogP contribution in [0.3, 0.4) is 0 Å². The maximum atomic E-state index is 12.7. The lowest BCUT2D eigenvalue weighted by molar-refractivity contribution is -0.0543. The number of ether oxygens (including phenoxy) is 3. The fourth-order valence-corrected chi connectivity index (χ4v) is 4.00. The number of nitrogens with one attached hydrogen (secondary N) is 2. The largest absolute Gasteiger partial charge is 0.497 e. The second-order valence-electron chi connectivity index (χ2n) is 7.02. The lowest BCUT2D eigenvalue weighted by atomic mass is 10.2. The zero-order valence-corrected chi connectivity index (χ0v) is 19.7. The SMILES string of the molecule is COc1ccc(NS(=O)(=O)c2cccc(C(=O)N/N=C/c3ccc(OC(F)F)cc3OC(F)F)c2)cc1. The summed E-state index contributed by atoms with van der Waals surface area (Å²) >= 11 is 0. The molecule has 37 heavy (non-hydrogen) atoms. The van der Waals surface area contributed by atoms with Crippen LogP contribution in [0.5, 0.6) is 17.2 Å². The number of alkyl halides is 4. The lowest BCUT2D eigenvalue weighted by Gasteiger charge is -2.11. The molecule has 1 amide bonds. The fraction of sp³-hybridized carbons (Fsp3) is 0.130. The molecule has 0 saturated carbocycles. The zero-order valence-electron chi connectivity index (χ0n) is 18.9. The minimum absolute atomic E-state index is 0.0699. The van der Waals surface area contributed by atoms with Crippen molar-refractivity contribution in [3.05, 3.63) is 77.9 Å². The third kappa shape index (κ3) is 7.83. The molecule has 3 rings (SSSR count). The van der Waals surface area contributed by atoms with Crippen molar-refractivity contribution in [2.45, 2.75) is 18.1 Å². The molecule has 0 aliphatic heterocycles. The molecule has 0 aliphatic rings. The van der Waals surface area contributed by atoms with Gasteiger partial charge in [-0.25, -0.2) is 13.8 Å². The van der Waals surface area contributed by atoms with Crippen molar-refractivity contribution in [2.24, 2.45) is 5.10 Å². The molecule has 3 aromatic carbocycles. The number of rotatable bonds is 11. The van der Waals surface area contributed by atoms with E-state index in [1.807, 2.05) is 0 Å². The average molecular weight is 541 g/mol. The first-order valence-electron chi connectivity index (χ1n) is 10.2. The lowest BCUT2D eigenvalue weighted by Crippen LogP contribution is -2.19. The maximum absolute atomic E-state index is 12.7. The highest BCUT2D eigenvalue weighted by Gasteiger charge is 2.17. The summed E-state index contributed by atoms with van der Waals surface area (Å²) in [6, 6.07) is 14.2. The predicted octanol–water partition coefficient (Wildman–Crippen LogP) is 4.46. The zero-order chi connectivity index (χ0) is 27.0. The Hall–Kier alpha value is -4.33. The Morgan fingerprint density at radius 3 is 2.24 bits per heavy atom. The van der Waals surface area contributed by atoms with Crippen molar-refractivity contribution >= 4 is 27.8 Å². The fourth-order valence-electron chi connectivity index (χ4n) is 2.90. The molecular formula is C23H19F4N3O6S. The minimum Gasteiger partial charge on any atom is -0.497 e. The molecule has 2 N–H and O–H groups in total. The molecule has 0 heterocycles. The van der Waals surface area contributed by atoms with Gasteiger partial charge in [-0.15, -0.1) is 0 Å². The van der Waals surface area contributed by atoms with Gasteiger partial charge in [0.15, 0.2) is 0 Å². The van der Waals surface area contributed by atoms with E-state index in [-0.39, 0.29) is 21.7 Å². The number of carbonyl (C=O) groups excluding carboxylic acids is 1. The predicted molar refractivity (Wildman–Crippen MR) is 125 cm³/mol. The van der Waals surface area contributed by atoms with Gasteiger partial charge < -0.3 is 14.2 Å². The number of hydrogen-bond donors (Lipinski definition) is 2. The Labute approximate surface area is 208 Å². The second-order valence-corrected chi connectivity index (χ2v) is 8.70. The molecule has 0 saturated heterocycles. The van der Waals surface area contributed by atoms with E-state index in [0.29, 0.717) is 5.75 Å². The van der Waals surface area contributed by atoms with Gasteiger partial charge >= 0.3 is 13.2 Å². The second kappa shape index (κ2) is 12.1. The summed E-state index contributed by atoms with van der Waals surface area (Å²) in [4.78, 5) is 12.3. The number of carbonyl (C=O) groups is 1. The van der Waals surface area contributed by atoms with E-state index in [9.17, 15) is 30.8 Å². The third-order valence-corrected chi connectivity index (χ3v) is 5.92. The summed E-state index contributed by atoms with van der Waals surface area (Å²) in [6.45, 7) is -6.44. The number of hydrazone groups is 1. The monoisotopic (exact) mass is 541 g/mol. The van der Waals surface area contributed by atoms with Crippen LogP contribution in [-0.2, 0) is 10.0 Å². The molecule has 0 aromatic heterocycles. The van der Waals surface area contributed by atoms with Crippen LogP contribution in [0, 0.1) is 0 Å². The number of methoxy groups -OCH3 is 1. The smallest absolute Gasteiger partial charge is 0.387 e. The molecular weight excluding hydrogens is 522 g/mol. The highest BCUT2D eigenvalue weighted by molar-refractivity contribution is 7.92. The Balaban J connectivity index is 1.72. The van der Waals surface area contributed by atoms with Crippen LogP contribution in [0.4, 0.5) is 23.2 Å². The number of anilines is 1. The van der Waals surface area contributed by atoms with Gasteiger partial charge in [-0.3, -0.25) is 9.52 Å². The van der Waals surface area contributed by atoms with E-state index in [1.54, 1.807) is 12.1 Å². The normalized spacial score (nSPS) is 11.5. The summed E-state index contributed by atoms with van der Waals surface area (Å²) < 4.78 is 91.4. The molecule has 0 radical (unpaired) electrons. The molecule has 0 spiro atoms. The van der Waals surface area contributed by atoms with Crippen LogP contribution in [0.25, 0.3) is 0 Å². The summed E-state index contributed by atoms with van der Waals surface area (Å²) in [7, 11) is -2.57. The number of halogens is 4. The van der Waals surface area contributed by atoms with E-state index >= 15 is 0 Å². The average Bonchev–Trinajstić information content (AvgIpc) is 2.85. The first-order chi connectivity index (χ1) is 17.6. The summed E-state index contributed by atoms with van der Waals surface area (Å²) in [5.41, 5.74) is 2.24. The molecule has 3 aromatic rings. The van der Waals surface area contributed by atoms with E-state index in [0.717, 1.165) is 30.5 Å². The van der Waals surface area contributed by atoms with Crippen LogP contribution < -0.4 is 24.4 Å². The number of benzene rings is 3. The van der Waals surface area contributed by atoms with Gasteiger partial charge in [-0.2, -0.15) is 22.7 Å². The Morgan fingerprint density at radius 2 is 1.59 bits per heavy atom. The first kappa shape index (κ1) is 27.3. The van der Waals surface area contributed by atoms with Crippen LogP contribution in [0.1, 0.15) is 15.9 Å². The van der Waals surface area contributed by atoms with E-state index in [2.05, 4.69) is 24.7 Å². The molecule has 9 nitrogen and oxygen atoms in total. The Kier molecular flexibility index (Phi) is 8.90. The van der Waals surface area contributed by atoms with Crippen molar-refractivity contribution < 1.29 is 45.0 Å². The molecule has 0 bridgehead atoms. The van der Waals surface area contributed by atoms with Gasteiger partial charge in [0.25, 0.3) is 15.9 Å². The van der Waals surface area contributed by atoms with E-state index in [1.165, 1.54) is 37.4 Å². The first-order valence-corrected chi connectivity index (χ1v) is 11.7. The van der Waals surface area contributed by atoms with Gasteiger partial charge in [0.1, 0.15) is 17.2 Å². The molecule has 0 atom stereocenters. The number of amides is 1. The van der Waals surface area contributed by atoms with Gasteiger partial charge in [-0.05, 0) is 54.6 Å². The van der Waals surface area contributed by atoms with Gasteiger partial charge in [0, 0.05) is 22.9 Å². The standard InChI is InChI=1S/C23H19F4N3O6S/c1-34-17-9-6-16(7-10-17)30-37(32,33)19-4-2-3-14(11-19)21(31)29-28-13-15-5-8-18(35-22(24)25)12-20(15)36-23(26)27/h2-13,22-23,30H,1H3,(H,29,31)/b28-13+. The van der Waals surface area contributed by atoms with E-state index in [4.69, 9.17) is 4.74 Å². The number of nitrogens with zero attached hydrogens (tertiary/aromatic N) is 1. The number of hydrogen-bond acceptors (Lipinski definition) is 7. The molecule has 14 heteroatoms. The van der Waals surface area contributed by atoms with Gasteiger partial charge in [0.05, 0.1) is 18.2 Å². The van der Waals surface area contributed by atoms with Crippen LogP contribution >= 0.6 is 0 Å². The summed E-state index contributed by atoms with van der Waals surface area (Å²) in [5, 5.41) is 3.64. The Bertz CT molecular complexity index is 1370. The van der Waals surface area contributed by atoms with Crippen LogP contribution in [-0.4, -0.2) is 40.9 Å². The summed E-state index contributed by atoms with van der Waals surface area (Å²) in [6.07, 6.45) is 0.938. The van der Waals surface area contributed by atoms with Gasteiger partial charge in [-0.1, -0.05) is 6.07 Å². The molecule has 0 unspecified atom stereocenters. The van der Waals surface area contributed by atoms with Crippen molar-refractivity contribution in [2.75, 3.05) is 11.8 Å². The minimum atomic E-state index is -4.04. The molecule has 196 valence electrons. The van der Waals surface area contributed by atoms with Crippen molar-refractivity contribution in [1.29, 1.82) is 0 Å². The highest BCUT2D eigenvalue weighted by Crippen LogP contribution is 2.26. The molecule has 0 aliphatic carbocycles. The number of sulfonamides is 1. The molecule has 0 fully saturated rings. The summed E-state index contributed by atoms with van der Waals surface area (Å²) in [5.74, 6) is -1.23. The van der Waals surface area contributed by atoms with Crippen molar-refractivity contribution in [3.63, 3.8) is 0 Å². The Morgan fingerprint density at radius 1 is 0.919 bits per heavy atom. The van der Waals surface area contributed by atoms with E-state index < -0.39 is 40.7 Å². The van der Waals surface area contributed by atoms with Crippen LogP contribution in [0.2, 0.25) is 0 Å². The maximum Gasteiger partial charge on any atom is 0.387 e. The van der Waals surface area contributed by atoms with Gasteiger partial charge in [0.2, 0.25) is 0 Å².